The van der Waals surface area contributed by atoms with E-state index in [0.29, 0.717) is 17.9 Å². The Morgan fingerprint density at radius 2 is 2.10 bits per heavy atom. The minimum Gasteiger partial charge on any atom is -0.323 e. The highest BCUT2D eigenvalue weighted by atomic mass is 32.2. The summed E-state index contributed by atoms with van der Waals surface area (Å²) in [6, 6.07) is 6.42. The summed E-state index contributed by atoms with van der Waals surface area (Å²) in [7, 11) is -1.82. The molecule has 0 aliphatic carbocycles. The van der Waals surface area contributed by atoms with Gasteiger partial charge in [0.2, 0.25) is 10.0 Å². The minimum absolute atomic E-state index is 0.112. The molecule has 0 amide bonds. The Hall–Kier alpha value is -1.97. The van der Waals surface area contributed by atoms with Crippen LogP contribution in [0.3, 0.4) is 0 Å². The van der Waals surface area contributed by atoms with Gasteiger partial charge in [0.15, 0.2) is 0 Å². The topological polar surface area (TPSA) is 115 Å². The third kappa shape index (κ3) is 3.13. The van der Waals surface area contributed by atoms with E-state index in [0.717, 1.165) is 0 Å². The second kappa shape index (κ2) is 5.99. The van der Waals surface area contributed by atoms with Gasteiger partial charge in [-0.05, 0) is 12.1 Å². The molecule has 2 rings (SSSR count). The molecule has 1 heterocycles. The molecule has 1 aromatic carbocycles. The molecule has 20 heavy (non-hydrogen) atoms. The molecule has 0 unspecified atom stereocenters. The van der Waals surface area contributed by atoms with Gasteiger partial charge in [-0.3, -0.25) is 5.84 Å². The fraction of sp³-hybridized carbons (Fsp3) is 0.273. The van der Waals surface area contributed by atoms with Gasteiger partial charge in [-0.1, -0.05) is 12.1 Å². The molecule has 0 bridgehead atoms. The second-order valence-electron chi connectivity index (χ2n) is 4.15. The van der Waals surface area contributed by atoms with Gasteiger partial charge in [-0.25, -0.2) is 13.1 Å². The first-order valence-electron chi connectivity index (χ1n) is 5.93. The Balaban J connectivity index is 2.06. The first-order valence-corrected chi connectivity index (χ1v) is 7.41. The van der Waals surface area contributed by atoms with Crippen LogP contribution in [0, 0.1) is 0 Å². The van der Waals surface area contributed by atoms with Gasteiger partial charge < -0.3 is 9.99 Å². The fourth-order valence-corrected chi connectivity index (χ4v) is 2.93. The van der Waals surface area contributed by atoms with E-state index in [-0.39, 0.29) is 11.4 Å². The number of para-hydroxylation sites is 1. The van der Waals surface area contributed by atoms with Crippen LogP contribution in [0.15, 0.2) is 35.5 Å². The largest absolute Gasteiger partial charge is 0.323 e. The highest BCUT2D eigenvalue weighted by molar-refractivity contribution is 7.89. The lowest BCUT2D eigenvalue weighted by molar-refractivity contribution is 0.580. The van der Waals surface area contributed by atoms with E-state index in [4.69, 9.17) is 5.84 Å². The molecule has 2 aromatic rings. The monoisotopic (exact) mass is 296 g/mol. The van der Waals surface area contributed by atoms with E-state index in [1.54, 1.807) is 36.1 Å². The van der Waals surface area contributed by atoms with Crippen LogP contribution in [0.4, 0.5) is 5.69 Å². The van der Waals surface area contributed by atoms with Gasteiger partial charge in [-0.15, -0.1) is 10.2 Å². The Kier molecular flexibility index (Phi) is 4.32. The number of aryl methyl sites for hydroxylation is 1. The fourth-order valence-electron chi connectivity index (χ4n) is 1.73. The molecule has 0 saturated carbocycles. The number of rotatable bonds is 6. The SMILES string of the molecule is Cn1cnnc1CCNS(=O)(=O)c1ccccc1NN. The molecule has 0 atom stereocenters. The molecule has 0 radical (unpaired) electrons. The molecular formula is C11H16N6O2S. The van der Waals surface area contributed by atoms with Crippen molar-refractivity contribution in [2.24, 2.45) is 12.9 Å². The number of hydrazine groups is 1. The average Bonchev–Trinajstić information content (AvgIpc) is 2.84. The van der Waals surface area contributed by atoms with Crippen LogP contribution < -0.4 is 16.0 Å². The zero-order valence-electron chi connectivity index (χ0n) is 10.9. The van der Waals surface area contributed by atoms with Crippen LogP contribution in [0.5, 0.6) is 0 Å². The first-order chi connectivity index (χ1) is 9.54. The molecule has 0 spiro atoms. The van der Waals surface area contributed by atoms with E-state index in [1.807, 2.05) is 0 Å². The zero-order chi connectivity index (χ0) is 14.6. The molecule has 0 saturated heterocycles. The van der Waals surface area contributed by atoms with Crippen molar-refractivity contribution in [2.75, 3.05) is 12.0 Å². The van der Waals surface area contributed by atoms with Crippen LogP contribution >= 0.6 is 0 Å². The lowest BCUT2D eigenvalue weighted by atomic mass is 10.3. The predicted molar refractivity (Wildman–Crippen MR) is 74.1 cm³/mol. The molecule has 108 valence electrons. The molecule has 9 heteroatoms. The quantitative estimate of drug-likeness (QED) is 0.494. The number of hydrogen-bond donors (Lipinski definition) is 3. The zero-order valence-corrected chi connectivity index (χ0v) is 11.8. The highest BCUT2D eigenvalue weighted by Gasteiger charge is 2.17. The Bertz CT molecular complexity index is 682. The van der Waals surface area contributed by atoms with Crippen molar-refractivity contribution in [1.82, 2.24) is 19.5 Å². The minimum atomic E-state index is -3.62. The standard InChI is InChI=1S/C11H16N6O2S/c1-17-8-13-16-11(17)6-7-14-20(18,19)10-5-3-2-4-9(10)15-12/h2-5,8,14-15H,6-7,12H2,1H3. The van der Waals surface area contributed by atoms with E-state index < -0.39 is 10.0 Å². The van der Waals surface area contributed by atoms with E-state index >= 15 is 0 Å². The normalized spacial score (nSPS) is 11.5. The Morgan fingerprint density at radius 3 is 2.75 bits per heavy atom. The van der Waals surface area contributed by atoms with E-state index in [2.05, 4.69) is 20.3 Å². The summed E-state index contributed by atoms with van der Waals surface area (Å²) in [6.45, 7) is 0.230. The predicted octanol–water partition coefficient (Wildman–Crippen LogP) is -0.378. The first kappa shape index (κ1) is 14.4. The smallest absolute Gasteiger partial charge is 0.242 e. The number of nitrogens with two attached hydrogens (primary N) is 1. The van der Waals surface area contributed by atoms with Crippen LogP contribution in [0.2, 0.25) is 0 Å². The molecule has 0 aliphatic rings. The van der Waals surface area contributed by atoms with Gasteiger partial charge in [0, 0.05) is 20.0 Å². The van der Waals surface area contributed by atoms with Crippen molar-refractivity contribution in [1.29, 1.82) is 0 Å². The summed E-state index contributed by atoms with van der Waals surface area (Å²) >= 11 is 0. The Morgan fingerprint density at radius 1 is 1.35 bits per heavy atom. The van der Waals surface area contributed by atoms with Crippen LogP contribution in [-0.4, -0.2) is 29.7 Å². The number of nitrogen functional groups attached to an aromatic ring is 1. The molecular weight excluding hydrogens is 280 g/mol. The van der Waals surface area contributed by atoms with Crippen molar-refractivity contribution in [3.05, 3.63) is 36.4 Å². The van der Waals surface area contributed by atoms with Crippen molar-refractivity contribution < 1.29 is 8.42 Å². The number of anilines is 1. The van der Waals surface area contributed by atoms with Crippen LogP contribution in [0.25, 0.3) is 0 Å². The lowest BCUT2D eigenvalue weighted by Crippen LogP contribution is -2.27. The van der Waals surface area contributed by atoms with Crippen LogP contribution in [-0.2, 0) is 23.5 Å². The maximum Gasteiger partial charge on any atom is 0.242 e. The third-order valence-corrected chi connectivity index (χ3v) is 4.30. The third-order valence-electron chi connectivity index (χ3n) is 2.78. The second-order valence-corrected chi connectivity index (χ2v) is 5.88. The molecule has 4 N–H and O–H groups in total. The van der Waals surface area contributed by atoms with E-state index in [9.17, 15) is 8.42 Å². The van der Waals surface area contributed by atoms with Gasteiger partial charge in [0.25, 0.3) is 0 Å². The lowest BCUT2D eigenvalue weighted by Gasteiger charge is -2.10. The van der Waals surface area contributed by atoms with Crippen molar-refractivity contribution in [2.45, 2.75) is 11.3 Å². The maximum absolute atomic E-state index is 12.2. The summed E-state index contributed by atoms with van der Waals surface area (Å²) < 4.78 is 28.6. The summed E-state index contributed by atoms with van der Waals surface area (Å²) in [6.07, 6.45) is 2.02. The molecule has 1 aromatic heterocycles. The number of aromatic nitrogens is 3. The van der Waals surface area contributed by atoms with E-state index in [1.165, 1.54) is 6.07 Å². The highest BCUT2D eigenvalue weighted by Crippen LogP contribution is 2.19. The van der Waals surface area contributed by atoms with Gasteiger partial charge in [-0.2, -0.15) is 0 Å². The molecule has 0 fully saturated rings. The summed E-state index contributed by atoms with van der Waals surface area (Å²) in [5, 5.41) is 7.62. The summed E-state index contributed by atoms with van der Waals surface area (Å²) in [5.41, 5.74) is 2.72. The average molecular weight is 296 g/mol. The van der Waals surface area contributed by atoms with Crippen molar-refractivity contribution >= 4 is 15.7 Å². The van der Waals surface area contributed by atoms with Gasteiger partial charge in [0.1, 0.15) is 17.0 Å². The number of nitrogens with one attached hydrogen (secondary N) is 2. The van der Waals surface area contributed by atoms with Crippen molar-refractivity contribution in [3.8, 4) is 0 Å². The summed E-state index contributed by atoms with van der Waals surface area (Å²) in [5.74, 6) is 6.02. The maximum atomic E-state index is 12.2. The molecule has 0 aliphatic heterocycles. The van der Waals surface area contributed by atoms with Crippen LogP contribution in [0.1, 0.15) is 5.82 Å². The number of hydrogen-bond acceptors (Lipinski definition) is 6. The van der Waals surface area contributed by atoms with Gasteiger partial charge >= 0.3 is 0 Å². The summed E-state index contributed by atoms with van der Waals surface area (Å²) in [4.78, 5) is 0.112. The number of nitrogens with zero attached hydrogens (tertiary/aromatic N) is 3. The van der Waals surface area contributed by atoms with Gasteiger partial charge in [0.05, 0.1) is 5.69 Å². The number of sulfonamides is 1. The Labute approximate surface area is 117 Å². The molecule has 8 nitrogen and oxygen atoms in total. The number of benzene rings is 1. The van der Waals surface area contributed by atoms with Crippen molar-refractivity contribution in [3.63, 3.8) is 0 Å².